The van der Waals surface area contributed by atoms with Crippen molar-refractivity contribution in [2.75, 3.05) is 0 Å². The van der Waals surface area contributed by atoms with E-state index in [-0.39, 0.29) is 0 Å². The lowest BCUT2D eigenvalue weighted by atomic mass is 10.1. The van der Waals surface area contributed by atoms with E-state index in [0.717, 1.165) is 11.9 Å². The van der Waals surface area contributed by atoms with E-state index >= 15 is 0 Å². The third-order valence-corrected chi connectivity index (χ3v) is 3.40. The molecule has 0 fully saturated rings. The fourth-order valence-corrected chi connectivity index (χ4v) is 2.62. The van der Waals surface area contributed by atoms with Gasteiger partial charge in [0.1, 0.15) is 0 Å². The third kappa shape index (κ3) is 1.91. The molecule has 0 radical (unpaired) electrons. The number of rotatable bonds is 3. The summed E-state index contributed by atoms with van der Waals surface area (Å²) in [6.45, 7) is 2.20. The summed E-state index contributed by atoms with van der Waals surface area (Å²) in [5, 5.41) is 0. The molecule has 0 spiro atoms. The van der Waals surface area contributed by atoms with Crippen LogP contribution >= 0.6 is 22.9 Å². The number of hydrogen-bond donors (Lipinski definition) is 0. The first-order chi connectivity index (χ1) is 6.81. The lowest BCUT2D eigenvalue weighted by Gasteiger charge is -1.99. The SMILES string of the molecule is CCCCc1cccc2sc(Cl)nc12. The van der Waals surface area contributed by atoms with Gasteiger partial charge in [-0.2, -0.15) is 0 Å². The highest BCUT2D eigenvalue weighted by atomic mass is 35.5. The van der Waals surface area contributed by atoms with E-state index in [0.29, 0.717) is 4.47 Å². The molecule has 0 aliphatic heterocycles. The van der Waals surface area contributed by atoms with Crippen LogP contribution in [0.4, 0.5) is 0 Å². The number of para-hydroxylation sites is 1. The summed E-state index contributed by atoms with van der Waals surface area (Å²) in [5.74, 6) is 0. The van der Waals surface area contributed by atoms with Gasteiger partial charge in [0.25, 0.3) is 0 Å². The number of fused-ring (bicyclic) bond motifs is 1. The van der Waals surface area contributed by atoms with Crippen molar-refractivity contribution in [1.82, 2.24) is 4.98 Å². The molecule has 0 bridgehead atoms. The van der Waals surface area contributed by atoms with Gasteiger partial charge in [-0.25, -0.2) is 4.98 Å². The molecule has 0 atom stereocenters. The summed E-state index contributed by atoms with van der Waals surface area (Å²) in [6.07, 6.45) is 3.54. The average Bonchev–Trinajstić information content (AvgIpc) is 2.55. The van der Waals surface area contributed by atoms with Crippen LogP contribution in [-0.4, -0.2) is 4.98 Å². The third-order valence-electron chi connectivity index (χ3n) is 2.28. The Balaban J connectivity index is 2.42. The molecule has 74 valence electrons. The molecule has 2 aromatic rings. The lowest BCUT2D eigenvalue weighted by molar-refractivity contribution is 0.798. The summed E-state index contributed by atoms with van der Waals surface area (Å²) < 4.78 is 1.84. The number of aryl methyl sites for hydroxylation is 1. The van der Waals surface area contributed by atoms with Gasteiger partial charge in [0.15, 0.2) is 4.47 Å². The number of unbranched alkanes of at least 4 members (excludes halogenated alkanes) is 1. The van der Waals surface area contributed by atoms with Crippen LogP contribution in [0, 0.1) is 0 Å². The predicted molar refractivity (Wildman–Crippen MR) is 63.2 cm³/mol. The molecule has 1 heterocycles. The second-order valence-corrected chi connectivity index (χ2v) is 4.95. The van der Waals surface area contributed by atoms with Crippen LogP contribution in [0.2, 0.25) is 4.47 Å². The number of aromatic nitrogens is 1. The summed E-state index contributed by atoms with van der Waals surface area (Å²) in [4.78, 5) is 4.35. The van der Waals surface area contributed by atoms with Gasteiger partial charge in [0, 0.05) is 0 Å². The highest BCUT2D eigenvalue weighted by Gasteiger charge is 2.05. The minimum Gasteiger partial charge on any atom is -0.225 e. The van der Waals surface area contributed by atoms with E-state index in [1.54, 1.807) is 11.3 Å². The van der Waals surface area contributed by atoms with E-state index in [4.69, 9.17) is 11.6 Å². The molecule has 3 heteroatoms. The van der Waals surface area contributed by atoms with Crippen molar-refractivity contribution in [3.05, 3.63) is 28.2 Å². The lowest BCUT2D eigenvalue weighted by Crippen LogP contribution is -1.85. The topological polar surface area (TPSA) is 12.9 Å². The smallest absolute Gasteiger partial charge is 0.184 e. The van der Waals surface area contributed by atoms with Crippen molar-refractivity contribution < 1.29 is 0 Å². The maximum atomic E-state index is 5.90. The molecule has 2 rings (SSSR count). The van der Waals surface area contributed by atoms with Gasteiger partial charge in [-0.3, -0.25) is 0 Å². The monoisotopic (exact) mass is 225 g/mol. The zero-order valence-electron chi connectivity index (χ0n) is 8.09. The van der Waals surface area contributed by atoms with Gasteiger partial charge in [0.2, 0.25) is 0 Å². The minimum atomic E-state index is 0.643. The molecule has 0 saturated carbocycles. The predicted octanol–water partition coefficient (Wildman–Crippen LogP) is 4.29. The molecule has 1 aromatic heterocycles. The van der Waals surface area contributed by atoms with Crippen LogP contribution in [0.25, 0.3) is 10.2 Å². The summed E-state index contributed by atoms with van der Waals surface area (Å²) >= 11 is 7.45. The second kappa shape index (κ2) is 4.28. The number of hydrogen-bond acceptors (Lipinski definition) is 2. The van der Waals surface area contributed by atoms with Crippen LogP contribution in [-0.2, 0) is 6.42 Å². The van der Waals surface area contributed by atoms with Gasteiger partial charge in [-0.15, -0.1) is 11.3 Å². The zero-order valence-corrected chi connectivity index (χ0v) is 9.66. The zero-order chi connectivity index (χ0) is 9.97. The van der Waals surface area contributed by atoms with Crippen LogP contribution in [0.5, 0.6) is 0 Å². The Hall–Kier alpha value is -0.600. The first-order valence-electron chi connectivity index (χ1n) is 4.85. The number of thiazole rings is 1. The van der Waals surface area contributed by atoms with Gasteiger partial charge in [-0.05, 0) is 24.5 Å². The molecule has 0 amide bonds. The molecule has 1 aromatic carbocycles. The molecule has 0 aliphatic carbocycles. The number of nitrogens with zero attached hydrogens (tertiary/aromatic N) is 1. The fraction of sp³-hybridized carbons (Fsp3) is 0.364. The Morgan fingerprint density at radius 1 is 1.43 bits per heavy atom. The molecular formula is C11H12ClNS. The maximum absolute atomic E-state index is 5.90. The first kappa shape index (κ1) is 9.94. The molecule has 0 aliphatic rings. The Bertz CT molecular complexity index is 436. The van der Waals surface area contributed by atoms with Crippen molar-refractivity contribution in [2.45, 2.75) is 26.2 Å². The Morgan fingerprint density at radius 2 is 2.29 bits per heavy atom. The highest BCUT2D eigenvalue weighted by Crippen LogP contribution is 2.28. The molecule has 0 N–H and O–H groups in total. The molecule has 1 nitrogen and oxygen atoms in total. The second-order valence-electron chi connectivity index (χ2n) is 3.33. The van der Waals surface area contributed by atoms with E-state index in [9.17, 15) is 0 Å². The summed E-state index contributed by atoms with van der Waals surface area (Å²) in [5.41, 5.74) is 2.42. The first-order valence-corrected chi connectivity index (χ1v) is 6.04. The van der Waals surface area contributed by atoms with Crippen LogP contribution in [0.15, 0.2) is 18.2 Å². The van der Waals surface area contributed by atoms with Gasteiger partial charge in [-0.1, -0.05) is 37.1 Å². The van der Waals surface area contributed by atoms with Crippen molar-refractivity contribution in [2.24, 2.45) is 0 Å². The van der Waals surface area contributed by atoms with Gasteiger partial charge < -0.3 is 0 Å². The van der Waals surface area contributed by atoms with Gasteiger partial charge in [0.05, 0.1) is 10.2 Å². The van der Waals surface area contributed by atoms with Gasteiger partial charge >= 0.3 is 0 Å². The molecule has 14 heavy (non-hydrogen) atoms. The highest BCUT2D eigenvalue weighted by molar-refractivity contribution is 7.22. The standard InChI is InChI=1S/C11H12ClNS/c1-2-3-5-8-6-4-7-9-10(8)13-11(12)14-9/h4,6-7H,2-3,5H2,1H3. The Kier molecular flexibility index (Phi) is 3.04. The van der Waals surface area contributed by atoms with Crippen molar-refractivity contribution in [1.29, 1.82) is 0 Å². The number of halogens is 1. The Morgan fingerprint density at radius 3 is 3.07 bits per heavy atom. The molecular weight excluding hydrogens is 214 g/mol. The van der Waals surface area contributed by atoms with Crippen LogP contribution in [0.3, 0.4) is 0 Å². The largest absolute Gasteiger partial charge is 0.225 e. The number of benzene rings is 1. The van der Waals surface area contributed by atoms with Crippen molar-refractivity contribution >= 4 is 33.2 Å². The quantitative estimate of drug-likeness (QED) is 0.759. The van der Waals surface area contributed by atoms with Crippen molar-refractivity contribution in [3.8, 4) is 0 Å². The van der Waals surface area contributed by atoms with Crippen LogP contribution in [0.1, 0.15) is 25.3 Å². The van der Waals surface area contributed by atoms with E-state index in [1.807, 2.05) is 0 Å². The molecule has 0 saturated heterocycles. The summed E-state index contributed by atoms with van der Waals surface area (Å²) in [7, 11) is 0. The molecule has 0 unspecified atom stereocenters. The Labute approximate surface area is 92.7 Å². The van der Waals surface area contributed by atoms with Crippen LogP contribution < -0.4 is 0 Å². The van der Waals surface area contributed by atoms with E-state index < -0.39 is 0 Å². The normalized spacial score (nSPS) is 11.0. The average molecular weight is 226 g/mol. The fourth-order valence-electron chi connectivity index (χ4n) is 1.55. The maximum Gasteiger partial charge on any atom is 0.184 e. The van der Waals surface area contributed by atoms with Crippen molar-refractivity contribution in [3.63, 3.8) is 0 Å². The minimum absolute atomic E-state index is 0.643. The summed E-state index contributed by atoms with van der Waals surface area (Å²) in [6, 6.07) is 6.31. The van der Waals surface area contributed by atoms with E-state index in [2.05, 4.69) is 30.1 Å². The van der Waals surface area contributed by atoms with E-state index in [1.165, 1.54) is 23.1 Å².